The van der Waals surface area contributed by atoms with E-state index in [4.69, 9.17) is 9.47 Å². The van der Waals surface area contributed by atoms with Gasteiger partial charge in [-0.1, -0.05) is 24.3 Å². The Morgan fingerprint density at radius 2 is 1.93 bits per heavy atom. The topological polar surface area (TPSA) is 67.9 Å². The normalized spacial score (nSPS) is 13.1. The summed E-state index contributed by atoms with van der Waals surface area (Å²) >= 11 is 0. The van der Waals surface area contributed by atoms with Gasteiger partial charge in [0, 0.05) is 25.1 Å². The van der Waals surface area contributed by atoms with Crippen molar-refractivity contribution in [3.63, 3.8) is 0 Å². The lowest BCUT2D eigenvalue weighted by atomic mass is 10.1. The molecule has 1 atom stereocenters. The van der Waals surface area contributed by atoms with Crippen molar-refractivity contribution < 1.29 is 23.5 Å². The summed E-state index contributed by atoms with van der Waals surface area (Å²) in [5, 5.41) is 2.73. The SMILES string of the molecule is CCNC(=O)[C@H](C)N(Cc1ccccc1F)C(=O)CCc1ccc2c(c1)OCO2. The second-order valence-electron chi connectivity index (χ2n) is 6.87. The Bertz CT molecular complexity index is 887. The monoisotopic (exact) mass is 400 g/mol. The van der Waals surface area contributed by atoms with Crippen molar-refractivity contribution in [2.75, 3.05) is 13.3 Å². The minimum absolute atomic E-state index is 0.0327. The standard InChI is InChI=1S/C22H25FN2O4/c1-3-24-22(27)15(2)25(13-17-6-4-5-7-18(17)23)21(26)11-9-16-8-10-19-20(12-16)29-14-28-19/h4-8,10,12,15H,3,9,11,13-14H2,1-2H3,(H,24,27)/t15-/m0/s1. The summed E-state index contributed by atoms with van der Waals surface area (Å²) in [7, 11) is 0. The van der Waals surface area contributed by atoms with Gasteiger partial charge in [-0.2, -0.15) is 0 Å². The van der Waals surface area contributed by atoms with Gasteiger partial charge in [-0.05, 0) is 44.0 Å². The van der Waals surface area contributed by atoms with Crippen LogP contribution in [-0.2, 0) is 22.6 Å². The number of halogens is 1. The Kier molecular flexibility index (Phi) is 6.69. The maximum atomic E-state index is 14.1. The minimum atomic E-state index is -0.709. The molecule has 2 aromatic carbocycles. The average Bonchev–Trinajstić information content (AvgIpc) is 3.19. The molecule has 0 fully saturated rings. The Hall–Kier alpha value is -3.09. The van der Waals surface area contributed by atoms with Crippen LogP contribution in [0.3, 0.4) is 0 Å². The van der Waals surface area contributed by atoms with Gasteiger partial charge in [0.1, 0.15) is 11.9 Å². The number of likely N-dealkylation sites (N-methyl/N-ethyl adjacent to an activating group) is 1. The van der Waals surface area contributed by atoms with Crippen LogP contribution in [0.25, 0.3) is 0 Å². The van der Waals surface area contributed by atoms with Gasteiger partial charge in [0.25, 0.3) is 0 Å². The zero-order valence-electron chi connectivity index (χ0n) is 16.6. The summed E-state index contributed by atoms with van der Waals surface area (Å²) in [6.45, 7) is 4.16. The van der Waals surface area contributed by atoms with Gasteiger partial charge < -0.3 is 19.7 Å². The zero-order chi connectivity index (χ0) is 20.8. The van der Waals surface area contributed by atoms with E-state index < -0.39 is 11.9 Å². The van der Waals surface area contributed by atoms with Crippen LogP contribution in [0, 0.1) is 5.82 Å². The maximum absolute atomic E-state index is 14.1. The molecule has 1 heterocycles. The smallest absolute Gasteiger partial charge is 0.242 e. The highest BCUT2D eigenvalue weighted by atomic mass is 19.1. The highest BCUT2D eigenvalue weighted by Gasteiger charge is 2.26. The molecule has 2 aromatic rings. The van der Waals surface area contributed by atoms with Gasteiger partial charge in [0.05, 0.1) is 0 Å². The summed E-state index contributed by atoms with van der Waals surface area (Å²) in [6, 6.07) is 11.1. The van der Waals surface area contributed by atoms with Crippen molar-refractivity contribution in [1.82, 2.24) is 10.2 Å². The van der Waals surface area contributed by atoms with Gasteiger partial charge in [-0.3, -0.25) is 9.59 Å². The number of nitrogens with zero attached hydrogens (tertiary/aromatic N) is 1. The maximum Gasteiger partial charge on any atom is 0.242 e. The van der Waals surface area contributed by atoms with Crippen molar-refractivity contribution in [1.29, 1.82) is 0 Å². The van der Waals surface area contributed by atoms with Crippen molar-refractivity contribution >= 4 is 11.8 Å². The molecular weight excluding hydrogens is 375 g/mol. The molecule has 0 unspecified atom stereocenters. The van der Waals surface area contributed by atoms with E-state index in [0.717, 1.165) is 5.56 Å². The number of fused-ring (bicyclic) bond motifs is 1. The second-order valence-corrected chi connectivity index (χ2v) is 6.87. The van der Waals surface area contributed by atoms with E-state index in [1.54, 1.807) is 25.1 Å². The van der Waals surface area contributed by atoms with Crippen LogP contribution in [0.4, 0.5) is 4.39 Å². The molecule has 0 saturated heterocycles. The van der Waals surface area contributed by atoms with Crippen LogP contribution in [0.5, 0.6) is 11.5 Å². The van der Waals surface area contributed by atoms with Gasteiger partial charge in [0.15, 0.2) is 11.5 Å². The van der Waals surface area contributed by atoms with Crippen LogP contribution in [0.15, 0.2) is 42.5 Å². The molecule has 0 saturated carbocycles. The molecule has 1 N–H and O–H groups in total. The second kappa shape index (κ2) is 9.41. The molecule has 0 bridgehead atoms. The zero-order valence-corrected chi connectivity index (χ0v) is 16.6. The number of hydrogen-bond donors (Lipinski definition) is 1. The quantitative estimate of drug-likeness (QED) is 0.740. The van der Waals surface area contributed by atoms with Gasteiger partial charge >= 0.3 is 0 Å². The fourth-order valence-electron chi connectivity index (χ4n) is 3.21. The lowest BCUT2D eigenvalue weighted by Crippen LogP contribution is -2.47. The summed E-state index contributed by atoms with van der Waals surface area (Å²) in [5.41, 5.74) is 1.30. The number of rotatable bonds is 8. The first kappa shape index (κ1) is 20.6. The largest absolute Gasteiger partial charge is 0.454 e. The molecule has 1 aliphatic rings. The third-order valence-corrected chi connectivity index (χ3v) is 4.88. The van der Waals surface area contributed by atoms with Gasteiger partial charge in [-0.15, -0.1) is 0 Å². The molecular formula is C22H25FN2O4. The van der Waals surface area contributed by atoms with E-state index in [1.165, 1.54) is 11.0 Å². The first-order chi connectivity index (χ1) is 14.0. The predicted molar refractivity (Wildman–Crippen MR) is 106 cm³/mol. The lowest BCUT2D eigenvalue weighted by molar-refractivity contribution is -0.140. The number of amides is 2. The Labute approximate surface area is 169 Å². The van der Waals surface area contributed by atoms with Gasteiger partial charge in [-0.25, -0.2) is 4.39 Å². The van der Waals surface area contributed by atoms with Crippen LogP contribution in [0.2, 0.25) is 0 Å². The summed E-state index contributed by atoms with van der Waals surface area (Å²) < 4.78 is 24.8. The number of nitrogens with one attached hydrogen (secondary N) is 1. The fourth-order valence-corrected chi connectivity index (χ4v) is 3.21. The van der Waals surface area contributed by atoms with E-state index in [0.29, 0.717) is 30.0 Å². The summed E-state index contributed by atoms with van der Waals surface area (Å²) in [5.74, 6) is 0.467. The first-order valence-corrected chi connectivity index (χ1v) is 9.68. The minimum Gasteiger partial charge on any atom is -0.454 e. The van der Waals surface area contributed by atoms with Crippen LogP contribution < -0.4 is 14.8 Å². The number of aryl methyl sites for hydroxylation is 1. The highest BCUT2D eigenvalue weighted by molar-refractivity contribution is 5.87. The number of hydrogen-bond acceptors (Lipinski definition) is 4. The van der Waals surface area contributed by atoms with E-state index in [1.807, 2.05) is 25.1 Å². The number of carbonyl (C=O) groups excluding carboxylic acids is 2. The van der Waals surface area contributed by atoms with Crippen molar-refractivity contribution in [2.24, 2.45) is 0 Å². The first-order valence-electron chi connectivity index (χ1n) is 9.68. The fraction of sp³-hybridized carbons (Fsp3) is 0.364. The molecule has 3 rings (SSSR count). The van der Waals surface area contributed by atoms with Crippen molar-refractivity contribution in [3.8, 4) is 11.5 Å². The molecule has 0 spiro atoms. The molecule has 2 amide bonds. The molecule has 0 aromatic heterocycles. The van der Waals surface area contributed by atoms with Crippen LogP contribution in [0.1, 0.15) is 31.4 Å². The average molecular weight is 400 g/mol. The molecule has 7 heteroatoms. The van der Waals surface area contributed by atoms with Crippen molar-refractivity contribution in [2.45, 2.75) is 39.3 Å². The van der Waals surface area contributed by atoms with E-state index >= 15 is 0 Å². The lowest BCUT2D eigenvalue weighted by Gasteiger charge is -2.29. The Morgan fingerprint density at radius 1 is 1.17 bits per heavy atom. The Balaban J connectivity index is 1.72. The molecule has 1 aliphatic heterocycles. The summed E-state index contributed by atoms with van der Waals surface area (Å²) in [4.78, 5) is 26.7. The molecule has 29 heavy (non-hydrogen) atoms. The number of benzene rings is 2. The highest BCUT2D eigenvalue weighted by Crippen LogP contribution is 2.32. The van der Waals surface area contributed by atoms with Crippen LogP contribution in [-0.4, -0.2) is 36.1 Å². The van der Waals surface area contributed by atoms with Crippen molar-refractivity contribution in [3.05, 3.63) is 59.4 Å². The number of carbonyl (C=O) groups is 2. The molecule has 6 nitrogen and oxygen atoms in total. The van der Waals surface area contributed by atoms with E-state index in [9.17, 15) is 14.0 Å². The Morgan fingerprint density at radius 3 is 2.69 bits per heavy atom. The summed E-state index contributed by atoms with van der Waals surface area (Å²) in [6.07, 6.45) is 0.670. The van der Waals surface area contributed by atoms with Crippen LogP contribution >= 0.6 is 0 Å². The van der Waals surface area contributed by atoms with E-state index in [2.05, 4.69) is 5.32 Å². The molecule has 154 valence electrons. The van der Waals surface area contributed by atoms with E-state index in [-0.39, 0.29) is 31.6 Å². The predicted octanol–water partition coefficient (Wildman–Crippen LogP) is 3.04. The third kappa shape index (κ3) is 5.04. The molecule has 0 radical (unpaired) electrons. The number of ether oxygens (including phenoxy) is 2. The molecule has 0 aliphatic carbocycles. The van der Waals surface area contributed by atoms with Gasteiger partial charge in [0.2, 0.25) is 18.6 Å². The third-order valence-electron chi connectivity index (χ3n) is 4.88.